The van der Waals surface area contributed by atoms with E-state index in [0.29, 0.717) is 11.5 Å². The van der Waals surface area contributed by atoms with Gasteiger partial charge in [-0.3, -0.25) is 9.63 Å². The number of nitrogens with one attached hydrogen (secondary N) is 1. The van der Waals surface area contributed by atoms with Crippen molar-refractivity contribution in [3.05, 3.63) is 30.1 Å². The fourth-order valence-electron chi connectivity index (χ4n) is 0.887. The van der Waals surface area contributed by atoms with E-state index in [-0.39, 0.29) is 17.5 Å². The minimum atomic E-state index is -0.313. The maximum Gasteiger partial charge on any atom is 0.253 e. The van der Waals surface area contributed by atoms with Crippen molar-refractivity contribution in [2.24, 2.45) is 0 Å². The molecule has 1 N–H and O–H groups in total. The highest BCUT2D eigenvalue weighted by atomic mass is 32.2. The third-order valence-corrected chi connectivity index (χ3v) is 2.57. The van der Waals surface area contributed by atoms with Crippen molar-refractivity contribution >= 4 is 17.7 Å². The fraction of sp³-hybridized carbons (Fsp3) is 0.300. The molecule has 0 unspecified atom stereocenters. The van der Waals surface area contributed by atoms with Crippen molar-refractivity contribution < 1.29 is 14.0 Å². The van der Waals surface area contributed by atoms with E-state index in [1.165, 1.54) is 6.07 Å². The Morgan fingerprint density at radius 2 is 2.27 bits per heavy atom. The highest BCUT2D eigenvalue weighted by Crippen LogP contribution is 2.20. The first-order valence-corrected chi connectivity index (χ1v) is 5.50. The summed E-state index contributed by atoms with van der Waals surface area (Å²) in [6, 6.07) is 6.34. The number of halogens is 1. The molecule has 5 heteroatoms. The molecule has 0 saturated carbocycles. The smallest absolute Gasteiger partial charge is 0.253 e. The van der Waals surface area contributed by atoms with Crippen molar-refractivity contribution in [1.82, 2.24) is 5.48 Å². The molecular weight excluding hydrogens is 217 g/mol. The second-order valence-electron chi connectivity index (χ2n) is 2.68. The second-order valence-corrected chi connectivity index (χ2v) is 3.69. The lowest BCUT2D eigenvalue weighted by Crippen LogP contribution is -2.25. The van der Waals surface area contributed by atoms with E-state index in [4.69, 9.17) is 4.84 Å². The Bertz CT molecular complexity index is 333. The molecule has 0 spiro atoms. The summed E-state index contributed by atoms with van der Waals surface area (Å²) < 4.78 is 13.1. The normalized spacial score (nSPS) is 10.0. The Kier molecular flexibility index (Phi) is 5.14. The first-order chi connectivity index (χ1) is 7.24. The Morgan fingerprint density at radius 3 is 2.93 bits per heavy atom. The van der Waals surface area contributed by atoms with E-state index in [1.807, 2.05) is 0 Å². The average Bonchev–Trinajstić information content (AvgIpc) is 2.25. The topological polar surface area (TPSA) is 38.3 Å². The van der Waals surface area contributed by atoms with Gasteiger partial charge in [-0.1, -0.05) is 12.1 Å². The zero-order valence-electron chi connectivity index (χ0n) is 8.33. The van der Waals surface area contributed by atoms with Gasteiger partial charge in [0.05, 0.1) is 12.4 Å². The monoisotopic (exact) mass is 229 g/mol. The van der Waals surface area contributed by atoms with Crippen LogP contribution in [0.25, 0.3) is 0 Å². The highest BCUT2D eigenvalue weighted by Gasteiger charge is 2.05. The second kappa shape index (κ2) is 6.42. The summed E-state index contributed by atoms with van der Waals surface area (Å²) in [4.78, 5) is 16.3. The number of rotatable bonds is 5. The van der Waals surface area contributed by atoms with Gasteiger partial charge in [0.15, 0.2) is 0 Å². The van der Waals surface area contributed by atoms with Crippen molar-refractivity contribution in [1.29, 1.82) is 0 Å². The number of benzene rings is 1. The minimum Gasteiger partial charge on any atom is -0.274 e. The van der Waals surface area contributed by atoms with E-state index in [0.717, 1.165) is 11.8 Å². The molecule has 0 aromatic heterocycles. The molecule has 0 aliphatic carbocycles. The Labute approximate surface area is 92.0 Å². The van der Waals surface area contributed by atoms with E-state index in [9.17, 15) is 9.18 Å². The van der Waals surface area contributed by atoms with Gasteiger partial charge in [-0.15, -0.1) is 11.8 Å². The summed E-state index contributed by atoms with van der Waals surface area (Å²) in [5, 5.41) is 0. The largest absolute Gasteiger partial charge is 0.274 e. The van der Waals surface area contributed by atoms with Crippen molar-refractivity contribution in [3.8, 4) is 0 Å². The predicted molar refractivity (Wildman–Crippen MR) is 56.9 cm³/mol. The fourth-order valence-corrected chi connectivity index (χ4v) is 1.61. The van der Waals surface area contributed by atoms with Gasteiger partial charge >= 0.3 is 0 Å². The number of amides is 1. The lowest BCUT2D eigenvalue weighted by molar-refractivity contribution is -0.130. The van der Waals surface area contributed by atoms with Gasteiger partial charge in [0, 0.05) is 4.90 Å². The molecule has 82 valence electrons. The van der Waals surface area contributed by atoms with Gasteiger partial charge in [0.2, 0.25) is 0 Å². The minimum absolute atomic E-state index is 0.140. The van der Waals surface area contributed by atoms with Crippen LogP contribution in [-0.4, -0.2) is 18.3 Å². The lowest BCUT2D eigenvalue weighted by Gasteiger charge is -2.04. The molecule has 0 aliphatic heterocycles. The van der Waals surface area contributed by atoms with Gasteiger partial charge < -0.3 is 0 Å². The molecule has 0 bridgehead atoms. The van der Waals surface area contributed by atoms with Gasteiger partial charge in [-0.25, -0.2) is 9.87 Å². The zero-order valence-corrected chi connectivity index (χ0v) is 9.14. The lowest BCUT2D eigenvalue weighted by atomic mass is 10.3. The molecule has 1 amide bonds. The van der Waals surface area contributed by atoms with E-state index < -0.39 is 0 Å². The number of hydrogen-bond donors (Lipinski definition) is 1. The summed E-state index contributed by atoms with van der Waals surface area (Å²) in [5.41, 5.74) is 2.24. The van der Waals surface area contributed by atoms with Crippen LogP contribution in [0.15, 0.2) is 29.2 Å². The summed E-state index contributed by atoms with van der Waals surface area (Å²) in [7, 11) is 0. The number of hydroxylamine groups is 1. The van der Waals surface area contributed by atoms with E-state index in [1.54, 1.807) is 25.1 Å². The van der Waals surface area contributed by atoms with Crippen molar-refractivity contribution in [3.63, 3.8) is 0 Å². The van der Waals surface area contributed by atoms with Gasteiger partial charge in [-0.05, 0) is 19.1 Å². The Morgan fingerprint density at radius 1 is 1.53 bits per heavy atom. The quantitative estimate of drug-likeness (QED) is 0.620. The molecule has 1 aromatic carbocycles. The molecule has 15 heavy (non-hydrogen) atoms. The number of thioether (sulfide) groups is 1. The zero-order chi connectivity index (χ0) is 11.1. The van der Waals surface area contributed by atoms with Gasteiger partial charge in [0.25, 0.3) is 5.91 Å². The van der Waals surface area contributed by atoms with Crippen LogP contribution >= 0.6 is 11.8 Å². The summed E-state index contributed by atoms with van der Waals surface area (Å²) >= 11 is 1.14. The summed E-state index contributed by atoms with van der Waals surface area (Å²) in [6.07, 6.45) is 0. The van der Waals surface area contributed by atoms with E-state index in [2.05, 4.69) is 5.48 Å². The van der Waals surface area contributed by atoms with Crippen LogP contribution < -0.4 is 5.48 Å². The van der Waals surface area contributed by atoms with Crippen LogP contribution in [0.1, 0.15) is 6.92 Å². The summed E-state index contributed by atoms with van der Waals surface area (Å²) in [6.45, 7) is 2.18. The SMILES string of the molecule is CCONC(=O)CSc1ccccc1F. The van der Waals surface area contributed by atoms with Crippen LogP contribution in [-0.2, 0) is 9.63 Å². The highest BCUT2D eigenvalue weighted by molar-refractivity contribution is 8.00. The molecule has 1 aromatic rings. The molecule has 1 rings (SSSR count). The van der Waals surface area contributed by atoms with E-state index >= 15 is 0 Å². The first-order valence-electron chi connectivity index (χ1n) is 4.52. The first kappa shape index (κ1) is 12.0. The maximum atomic E-state index is 13.1. The number of hydrogen-bond acceptors (Lipinski definition) is 3. The van der Waals surface area contributed by atoms with Gasteiger partial charge in [0.1, 0.15) is 5.82 Å². The van der Waals surface area contributed by atoms with Gasteiger partial charge in [-0.2, -0.15) is 0 Å². The van der Waals surface area contributed by atoms with Crippen molar-refractivity contribution in [2.45, 2.75) is 11.8 Å². The molecule has 0 atom stereocenters. The van der Waals surface area contributed by atoms with Crippen LogP contribution in [0.3, 0.4) is 0 Å². The number of carbonyl (C=O) groups excluding carboxylic acids is 1. The molecule has 0 radical (unpaired) electrons. The molecule has 0 saturated heterocycles. The Balaban J connectivity index is 2.37. The average molecular weight is 229 g/mol. The van der Waals surface area contributed by atoms with Crippen LogP contribution in [0.2, 0.25) is 0 Å². The molecule has 0 aliphatic rings. The molecule has 0 fully saturated rings. The molecular formula is C10H12FNO2S. The predicted octanol–water partition coefficient (Wildman–Crippen LogP) is 1.99. The standard InChI is InChI=1S/C10H12FNO2S/c1-2-14-12-10(13)7-15-9-6-4-3-5-8(9)11/h3-6H,2,7H2,1H3,(H,12,13). The Hall–Kier alpha value is -1.07. The maximum absolute atomic E-state index is 13.1. The third-order valence-electron chi connectivity index (χ3n) is 1.53. The van der Waals surface area contributed by atoms with Crippen molar-refractivity contribution in [2.75, 3.05) is 12.4 Å². The van der Waals surface area contributed by atoms with Crippen LogP contribution in [0.5, 0.6) is 0 Å². The molecule has 0 heterocycles. The third kappa shape index (κ3) is 4.31. The van der Waals surface area contributed by atoms with Crippen LogP contribution in [0.4, 0.5) is 4.39 Å². The number of carbonyl (C=O) groups is 1. The molecule has 3 nitrogen and oxygen atoms in total. The van der Waals surface area contributed by atoms with Crippen LogP contribution in [0, 0.1) is 5.82 Å². The summed E-state index contributed by atoms with van der Waals surface area (Å²) in [5.74, 6) is -0.446.